The maximum atomic E-state index is 5.65. The fraction of sp³-hybridized carbons (Fsp3) is 0.750. The first-order chi connectivity index (χ1) is 9.92. The van der Waals surface area contributed by atoms with Gasteiger partial charge in [-0.05, 0) is 31.6 Å². The Kier molecular flexibility index (Phi) is 5.04. The zero-order chi connectivity index (χ0) is 15.6. The average molecular weight is 291 g/mol. The minimum Gasteiger partial charge on any atom is -0.356 e. The summed E-state index contributed by atoms with van der Waals surface area (Å²) in [6, 6.07) is 0. The van der Waals surface area contributed by atoms with Gasteiger partial charge in [-0.1, -0.05) is 27.7 Å². The molecule has 1 aromatic heterocycles. The van der Waals surface area contributed by atoms with Crippen LogP contribution < -0.4 is 16.2 Å². The fourth-order valence-corrected chi connectivity index (χ4v) is 2.62. The Morgan fingerprint density at radius 2 is 1.71 bits per heavy atom. The predicted molar refractivity (Wildman–Crippen MR) is 88.4 cm³/mol. The van der Waals surface area contributed by atoms with Gasteiger partial charge >= 0.3 is 0 Å². The quantitative estimate of drug-likeness (QED) is 0.597. The minimum atomic E-state index is 0.524. The van der Waals surface area contributed by atoms with Crippen LogP contribution in [0.15, 0.2) is 0 Å². The Labute approximate surface area is 128 Å². The lowest BCUT2D eigenvalue weighted by atomic mass is 10.1. The number of hydrogen-bond acceptors (Lipinski definition) is 5. The van der Waals surface area contributed by atoms with Crippen molar-refractivity contribution in [1.29, 1.82) is 0 Å². The second-order valence-electron chi connectivity index (χ2n) is 6.99. The number of hydrazine groups is 1. The third-order valence-electron chi connectivity index (χ3n) is 3.69. The maximum absolute atomic E-state index is 5.65. The Bertz CT molecular complexity index is 470. The summed E-state index contributed by atoms with van der Waals surface area (Å²) in [4.78, 5) is 11.8. The van der Waals surface area contributed by atoms with E-state index in [1.807, 2.05) is 0 Å². The van der Waals surface area contributed by atoms with Gasteiger partial charge in [0.15, 0.2) is 0 Å². The normalized spacial score (nSPS) is 14.9. The summed E-state index contributed by atoms with van der Waals surface area (Å²) in [5, 5.41) is 0. The van der Waals surface area contributed by atoms with Crippen LogP contribution in [0.5, 0.6) is 0 Å². The van der Waals surface area contributed by atoms with Crippen molar-refractivity contribution in [3.63, 3.8) is 0 Å². The van der Waals surface area contributed by atoms with Crippen LogP contribution in [0.25, 0.3) is 0 Å². The molecule has 1 aliphatic rings. The summed E-state index contributed by atoms with van der Waals surface area (Å²) in [6.45, 7) is 13.0. The lowest BCUT2D eigenvalue weighted by Crippen LogP contribution is -2.33. The molecule has 0 bridgehead atoms. The number of nitrogens with zero attached hydrogens (tertiary/aromatic N) is 3. The van der Waals surface area contributed by atoms with Crippen molar-refractivity contribution in [2.75, 3.05) is 23.4 Å². The van der Waals surface area contributed by atoms with Crippen LogP contribution in [0.3, 0.4) is 0 Å². The van der Waals surface area contributed by atoms with Gasteiger partial charge in [-0.2, -0.15) is 0 Å². The molecule has 0 unspecified atom stereocenters. The summed E-state index contributed by atoms with van der Waals surface area (Å²) in [5.74, 6) is 10.1. The Morgan fingerprint density at radius 1 is 1.14 bits per heavy atom. The third kappa shape index (κ3) is 4.06. The highest BCUT2D eigenvalue weighted by atomic mass is 15.3. The summed E-state index contributed by atoms with van der Waals surface area (Å²) in [7, 11) is 0. The molecular formula is C16H29N5. The van der Waals surface area contributed by atoms with Crippen molar-refractivity contribution in [3.8, 4) is 0 Å². The predicted octanol–water partition coefficient (Wildman–Crippen LogP) is 3.07. The first-order valence-electron chi connectivity index (χ1n) is 8.02. The van der Waals surface area contributed by atoms with Crippen molar-refractivity contribution in [2.45, 2.75) is 53.4 Å². The Morgan fingerprint density at radius 3 is 2.14 bits per heavy atom. The molecule has 0 spiro atoms. The van der Waals surface area contributed by atoms with E-state index in [4.69, 9.17) is 10.8 Å². The lowest BCUT2D eigenvalue weighted by molar-refractivity contribution is 0.546. The summed E-state index contributed by atoms with van der Waals surface area (Å²) >= 11 is 0. The molecule has 0 amide bonds. The SMILES string of the molecule is Cc1c(NN)nc(C2CC2)nc1N(CC(C)C)CC(C)C. The van der Waals surface area contributed by atoms with Gasteiger partial charge in [-0.3, -0.25) is 0 Å². The first-order valence-corrected chi connectivity index (χ1v) is 8.02. The van der Waals surface area contributed by atoms with E-state index in [0.29, 0.717) is 17.8 Å². The molecule has 0 radical (unpaired) electrons. The molecule has 1 aromatic rings. The number of rotatable bonds is 7. The molecule has 21 heavy (non-hydrogen) atoms. The van der Waals surface area contributed by atoms with E-state index >= 15 is 0 Å². The number of nitrogens with one attached hydrogen (secondary N) is 1. The molecule has 1 saturated carbocycles. The minimum absolute atomic E-state index is 0.524. The summed E-state index contributed by atoms with van der Waals surface area (Å²) in [5.41, 5.74) is 3.79. The van der Waals surface area contributed by atoms with Gasteiger partial charge in [-0.15, -0.1) is 0 Å². The zero-order valence-corrected chi connectivity index (χ0v) is 14.0. The molecule has 1 aliphatic carbocycles. The van der Waals surface area contributed by atoms with E-state index in [0.717, 1.165) is 36.1 Å². The molecule has 2 rings (SSSR count). The van der Waals surface area contributed by atoms with Crippen LogP contribution >= 0.6 is 0 Å². The molecule has 5 heteroatoms. The van der Waals surface area contributed by atoms with Gasteiger partial charge in [0.1, 0.15) is 17.5 Å². The Balaban J connectivity index is 2.38. The zero-order valence-electron chi connectivity index (χ0n) is 14.0. The molecule has 1 fully saturated rings. The molecular weight excluding hydrogens is 262 g/mol. The maximum Gasteiger partial charge on any atom is 0.148 e. The summed E-state index contributed by atoms with van der Waals surface area (Å²) in [6.07, 6.45) is 2.39. The highest BCUT2D eigenvalue weighted by Gasteiger charge is 2.29. The summed E-state index contributed by atoms with van der Waals surface area (Å²) < 4.78 is 0. The number of nitrogens with two attached hydrogens (primary N) is 1. The van der Waals surface area contributed by atoms with Gasteiger partial charge in [0, 0.05) is 24.6 Å². The van der Waals surface area contributed by atoms with Gasteiger partial charge in [0.25, 0.3) is 0 Å². The van der Waals surface area contributed by atoms with Crippen LogP contribution in [-0.2, 0) is 0 Å². The molecule has 0 atom stereocenters. The molecule has 0 saturated heterocycles. The van der Waals surface area contributed by atoms with Crippen molar-refractivity contribution in [1.82, 2.24) is 9.97 Å². The molecule has 3 N–H and O–H groups in total. The molecule has 0 aliphatic heterocycles. The fourth-order valence-electron chi connectivity index (χ4n) is 2.62. The number of aromatic nitrogens is 2. The van der Waals surface area contributed by atoms with E-state index in [2.05, 4.69) is 49.9 Å². The second kappa shape index (κ2) is 6.60. The van der Waals surface area contributed by atoms with E-state index in [1.54, 1.807) is 0 Å². The standard InChI is InChI=1S/C16H29N5/c1-10(2)8-21(9-11(3)4)16-12(5)14(20-17)18-15(19-16)13-6-7-13/h10-11,13H,6-9,17H2,1-5H3,(H,18,19,20). The van der Waals surface area contributed by atoms with Crippen LogP contribution in [0.4, 0.5) is 11.6 Å². The van der Waals surface area contributed by atoms with Gasteiger partial charge in [0.2, 0.25) is 0 Å². The van der Waals surface area contributed by atoms with Crippen LogP contribution in [0, 0.1) is 18.8 Å². The monoisotopic (exact) mass is 291 g/mol. The molecule has 5 nitrogen and oxygen atoms in total. The molecule has 118 valence electrons. The van der Waals surface area contributed by atoms with Crippen molar-refractivity contribution in [2.24, 2.45) is 17.7 Å². The number of anilines is 2. The van der Waals surface area contributed by atoms with E-state index < -0.39 is 0 Å². The highest BCUT2D eigenvalue weighted by molar-refractivity contribution is 5.58. The lowest BCUT2D eigenvalue weighted by Gasteiger charge is -2.29. The number of hydrogen-bond donors (Lipinski definition) is 2. The molecule has 0 aromatic carbocycles. The van der Waals surface area contributed by atoms with Gasteiger partial charge in [-0.25, -0.2) is 15.8 Å². The topological polar surface area (TPSA) is 67.1 Å². The average Bonchev–Trinajstić information content (AvgIpc) is 3.21. The van der Waals surface area contributed by atoms with Gasteiger partial charge < -0.3 is 10.3 Å². The van der Waals surface area contributed by atoms with E-state index in [-0.39, 0.29) is 0 Å². The van der Waals surface area contributed by atoms with Gasteiger partial charge in [0.05, 0.1) is 0 Å². The first kappa shape index (κ1) is 16.0. The second-order valence-corrected chi connectivity index (χ2v) is 6.99. The molecule has 1 heterocycles. The highest BCUT2D eigenvalue weighted by Crippen LogP contribution is 2.40. The Hall–Kier alpha value is -1.36. The van der Waals surface area contributed by atoms with Crippen LogP contribution in [-0.4, -0.2) is 23.1 Å². The van der Waals surface area contributed by atoms with E-state index in [1.165, 1.54) is 12.8 Å². The largest absolute Gasteiger partial charge is 0.356 e. The number of nitrogen functional groups attached to an aromatic ring is 1. The van der Waals surface area contributed by atoms with Crippen LogP contribution in [0.1, 0.15) is 57.8 Å². The van der Waals surface area contributed by atoms with Crippen molar-refractivity contribution < 1.29 is 0 Å². The third-order valence-corrected chi connectivity index (χ3v) is 3.69. The van der Waals surface area contributed by atoms with E-state index in [9.17, 15) is 0 Å². The van der Waals surface area contributed by atoms with Crippen molar-refractivity contribution in [3.05, 3.63) is 11.4 Å². The van der Waals surface area contributed by atoms with Crippen LogP contribution in [0.2, 0.25) is 0 Å². The smallest absolute Gasteiger partial charge is 0.148 e. The van der Waals surface area contributed by atoms with Crippen molar-refractivity contribution >= 4 is 11.6 Å².